The van der Waals surface area contributed by atoms with Crippen LogP contribution in [0.5, 0.6) is 5.75 Å². The highest BCUT2D eigenvalue weighted by molar-refractivity contribution is 7.98. The maximum atomic E-state index is 13.4. The van der Waals surface area contributed by atoms with Gasteiger partial charge in [-0.25, -0.2) is 4.79 Å². The molecule has 1 fully saturated rings. The number of benzene rings is 1. The molecule has 37 heavy (non-hydrogen) atoms. The molecule has 0 aromatic heterocycles. The van der Waals surface area contributed by atoms with E-state index < -0.39 is 53.8 Å². The van der Waals surface area contributed by atoms with Crippen molar-refractivity contribution in [2.24, 2.45) is 11.5 Å². The molecule has 0 aliphatic carbocycles. The van der Waals surface area contributed by atoms with Crippen molar-refractivity contribution in [1.29, 1.82) is 0 Å². The van der Waals surface area contributed by atoms with Crippen LogP contribution >= 0.6 is 11.8 Å². The Bertz CT molecular complexity index is 975. The topological polar surface area (TPSA) is 205 Å². The molecule has 1 aliphatic rings. The van der Waals surface area contributed by atoms with Crippen molar-refractivity contribution in [2.45, 2.75) is 62.7 Å². The Labute approximate surface area is 219 Å². The van der Waals surface area contributed by atoms with Gasteiger partial charge in [0.05, 0.1) is 6.04 Å². The van der Waals surface area contributed by atoms with Gasteiger partial charge in [-0.3, -0.25) is 19.2 Å². The second-order valence-corrected chi connectivity index (χ2v) is 9.90. The Kier molecular flexibility index (Phi) is 11.7. The van der Waals surface area contributed by atoms with Crippen LogP contribution in [0, 0.1) is 0 Å². The minimum atomic E-state index is -1.22. The summed E-state index contributed by atoms with van der Waals surface area (Å²) in [5.74, 6) is -3.03. The van der Waals surface area contributed by atoms with E-state index in [0.29, 0.717) is 24.2 Å². The Hall–Kier alpha value is -3.32. The number of hydrogen-bond donors (Lipinski definition) is 6. The van der Waals surface area contributed by atoms with E-state index in [1.807, 2.05) is 6.26 Å². The van der Waals surface area contributed by atoms with Gasteiger partial charge in [0.2, 0.25) is 23.6 Å². The Morgan fingerprint density at radius 1 is 1.08 bits per heavy atom. The molecule has 1 aromatic rings. The normalized spacial score (nSPS) is 17.5. The van der Waals surface area contributed by atoms with E-state index >= 15 is 0 Å². The highest BCUT2D eigenvalue weighted by atomic mass is 32.2. The van der Waals surface area contributed by atoms with Crippen LogP contribution in [0.15, 0.2) is 24.3 Å². The first-order valence-electron chi connectivity index (χ1n) is 12.0. The number of carbonyl (C=O) groups is 5. The summed E-state index contributed by atoms with van der Waals surface area (Å²) in [6.45, 7) is 0.205. The number of amides is 4. The van der Waals surface area contributed by atoms with E-state index in [4.69, 9.17) is 11.5 Å². The summed E-state index contributed by atoms with van der Waals surface area (Å²) >= 11 is 1.53. The number of primary amides is 1. The number of nitrogens with one attached hydrogen (secondary N) is 2. The average Bonchev–Trinajstić information content (AvgIpc) is 3.35. The molecule has 12 nitrogen and oxygen atoms in total. The number of carboxylic acids is 1. The quantitative estimate of drug-likeness (QED) is 0.178. The smallest absolute Gasteiger partial charge is 0.326 e. The fraction of sp³-hybridized carbons (Fsp3) is 0.542. The van der Waals surface area contributed by atoms with Gasteiger partial charge in [-0.15, -0.1) is 0 Å². The van der Waals surface area contributed by atoms with Crippen molar-refractivity contribution in [1.82, 2.24) is 15.5 Å². The molecular formula is C24H35N5O7S. The van der Waals surface area contributed by atoms with Crippen molar-refractivity contribution in [3.63, 3.8) is 0 Å². The van der Waals surface area contributed by atoms with Gasteiger partial charge in [0.15, 0.2) is 0 Å². The number of phenolic OH excluding ortho intramolecular Hbond substituents is 1. The van der Waals surface area contributed by atoms with Gasteiger partial charge in [-0.05, 0) is 55.4 Å². The lowest BCUT2D eigenvalue weighted by Crippen LogP contribution is -2.57. The van der Waals surface area contributed by atoms with Crippen LogP contribution in [0.25, 0.3) is 0 Å². The zero-order valence-corrected chi connectivity index (χ0v) is 21.5. The molecule has 4 unspecified atom stereocenters. The molecule has 1 aliphatic heterocycles. The van der Waals surface area contributed by atoms with Gasteiger partial charge in [0.1, 0.15) is 23.9 Å². The average molecular weight is 538 g/mol. The number of nitrogens with zero attached hydrogens (tertiary/aromatic N) is 1. The molecule has 8 N–H and O–H groups in total. The standard InChI is InChI=1S/C24H35N5O7S/c1-37-12-10-16(25)21(32)28-18(13-14-4-6-15(30)7-5-14)22(33)27-17(8-9-20(26)31)23(34)29-11-2-3-19(29)24(35)36/h4-7,16-19,30H,2-3,8-13,25H2,1H3,(H2,26,31)(H,27,33)(H,28,32)(H,35,36). The molecule has 0 spiro atoms. The van der Waals surface area contributed by atoms with Crippen molar-refractivity contribution in [3.05, 3.63) is 29.8 Å². The maximum absolute atomic E-state index is 13.4. The molecule has 4 amide bonds. The summed E-state index contributed by atoms with van der Waals surface area (Å²) in [5.41, 5.74) is 11.8. The number of rotatable bonds is 14. The summed E-state index contributed by atoms with van der Waals surface area (Å²) in [4.78, 5) is 63.5. The number of thioether (sulfide) groups is 1. The first-order chi connectivity index (χ1) is 17.5. The third-order valence-corrected chi connectivity index (χ3v) is 6.74. The molecule has 204 valence electrons. The van der Waals surface area contributed by atoms with Crippen molar-refractivity contribution >= 4 is 41.4 Å². The van der Waals surface area contributed by atoms with Gasteiger partial charge in [-0.2, -0.15) is 11.8 Å². The summed E-state index contributed by atoms with van der Waals surface area (Å²) in [7, 11) is 0. The monoisotopic (exact) mass is 537 g/mol. The van der Waals surface area contributed by atoms with Crippen LogP contribution in [-0.4, -0.2) is 87.4 Å². The first kappa shape index (κ1) is 29.9. The summed E-state index contributed by atoms with van der Waals surface area (Å²) in [6.07, 6.45) is 2.74. The van der Waals surface area contributed by atoms with Crippen LogP contribution in [0.4, 0.5) is 0 Å². The highest BCUT2D eigenvalue weighted by Gasteiger charge is 2.38. The zero-order chi connectivity index (χ0) is 27.5. The number of hydrogen-bond acceptors (Lipinski definition) is 8. The van der Waals surface area contributed by atoms with Crippen LogP contribution in [-0.2, 0) is 30.4 Å². The molecule has 1 saturated heterocycles. The summed E-state index contributed by atoms with van der Waals surface area (Å²) < 4.78 is 0. The largest absolute Gasteiger partial charge is 0.508 e. The predicted octanol–water partition coefficient (Wildman–Crippen LogP) is -0.674. The second kappa shape index (κ2) is 14.4. The van der Waals surface area contributed by atoms with Crippen molar-refractivity contribution in [2.75, 3.05) is 18.6 Å². The molecule has 0 radical (unpaired) electrons. The Morgan fingerprint density at radius 2 is 1.73 bits per heavy atom. The molecule has 1 aromatic carbocycles. The van der Waals surface area contributed by atoms with Gasteiger partial charge in [0, 0.05) is 19.4 Å². The van der Waals surface area contributed by atoms with Crippen molar-refractivity contribution < 1.29 is 34.2 Å². The van der Waals surface area contributed by atoms with Gasteiger partial charge in [0.25, 0.3) is 0 Å². The van der Waals surface area contributed by atoms with Gasteiger partial charge >= 0.3 is 5.97 Å². The third kappa shape index (κ3) is 9.25. The summed E-state index contributed by atoms with van der Waals surface area (Å²) in [6, 6.07) is 1.83. The predicted molar refractivity (Wildman–Crippen MR) is 137 cm³/mol. The van der Waals surface area contributed by atoms with E-state index in [9.17, 15) is 34.2 Å². The number of carboxylic acid groups (broad SMARTS) is 1. The number of aromatic hydroxyl groups is 1. The highest BCUT2D eigenvalue weighted by Crippen LogP contribution is 2.20. The Morgan fingerprint density at radius 3 is 2.32 bits per heavy atom. The van der Waals surface area contributed by atoms with Gasteiger partial charge < -0.3 is 37.2 Å². The second-order valence-electron chi connectivity index (χ2n) is 8.91. The fourth-order valence-electron chi connectivity index (χ4n) is 4.04. The van der Waals surface area contributed by atoms with E-state index in [1.165, 1.54) is 28.8 Å². The molecule has 0 saturated carbocycles. The third-order valence-electron chi connectivity index (χ3n) is 6.09. The lowest BCUT2D eigenvalue weighted by Gasteiger charge is -2.29. The molecule has 0 bridgehead atoms. The van der Waals surface area contributed by atoms with Crippen LogP contribution in [0.3, 0.4) is 0 Å². The number of nitrogens with two attached hydrogens (primary N) is 2. The molecule has 2 rings (SSSR count). The number of phenols is 1. The van der Waals surface area contributed by atoms with Crippen LogP contribution in [0.2, 0.25) is 0 Å². The summed E-state index contributed by atoms with van der Waals surface area (Å²) in [5, 5.41) is 24.2. The lowest BCUT2D eigenvalue weighted by atomic mass is 10.0. The van der Waals surface area contributed by atoms with E-state index in [2.05, 4.69) is 10.6 Å². The SMILES string of the molecule is CSCCC(N)C(=O)NC(Cc1ccc(O)cc1)C(=O)NC(CCC(N)=O)C(=O)N1CCCC1C(=O)O. The van der Waals surface area contributed by atoms with Crippen LogP contribution in [0.1, 0.15) is 37.7 Å². The van der Waals surface area contributed by atoms with E-state index in [-0.39, 0.29) is 38.0 Å². The first-order valence-corrected chi connectivity index (χ1v) is 13.4. The van der Waals surface area contributed by atoms with E-state index in [0.717, 1.165) is 0 Å². The molecular weight excluding hydrogens is 502 g/mol. The van der Waals surface area contributed by atoms with Gasteiger partial charge in [-0.1, -0.05) is 12.1 Å². The van der Waals surface area contributed by atoms with Crippen molar-refractivity contribution in [3.8, 4) is 5.75 Å². The number of likely N-dealkylation sites (tertiary alicyclic amines) is 1. The fourth-order valence-corrected chi connectivity index (χ4v) is 4.53. The number of aliphatic carboxylic acids is 1. The van der Waals surface area contributed by atoms with Crippen LogP contribution < -0.4 is 22.1 Å². The lowest BCUT2D eigenvalue weighted by molar-refractivity contribution is -0.149. The number of carbonyl (C=O) groups excluding carboxylic acids is 4. The molecule has 13 heteroatoms. The molecule has 4 atom stereocenters. The van der Waals surface area contributed by atoms with E-state index in [1.54, 1.807) is 12.1 Å². The Balaban J connectivity index is 2.25. The minimum absolute atomic E-state index is 0.0311. The molecule has 1 heterocycles. The maximum Gasteiger partial charge on any atom is 0.326 e. The zero-order valence-electron chi connectivity index (χ0n) is 20.7. The minimum Gasteiger partial charge on any atom is -0.508 e.